The number of nitro groups is 1. The second-order valence-corrected chi connectivity index (χ2v) is 5.06. The Kier molecular flexibility index (Phi) is 3.14. The Bertz CT molecular complexity index is 857. The van der Waals surface area contributed by atoms with Gasteiger partial charge in [0.05, 0.1) is 16.2 Å². The zero-order valence-corrected chi connectivity index (χ0v) is 11.8. The highest BCUT2D eigenvalue weighted by Gasteiger charge is 2.18. The molecule has 4 heteroatoms. The van der Waals surface area contributed by atoms with Gasteiger partial charge in [0.15, 0.2) is 0 Å². The zero-order valence-electron chi connectivity index (χ0n) is 11.8. The highest BCUT2D eigenvalue weighted by atomic mass is 16.6. The highest BCUT2D eigenvalue weighted by molar-refractivity contribution is 6.00. The first-order valence-corrected chi connectivity index (χ1v) is 6.68. The quantitative estimate of drug-likeness (QED) is 0.514. The van der Waals surface area contributed by atoms with Crippen molar-refractivity contribution in [3.05, 3.63) is 69.9 Å². The monoisotopic (exact) mass is 278 g/mol. The average molecular weight is 278 g/mol. The standard InChI is InChI=1S/C17H14N2O2/c1-11-7-8-12(2)16-13(11)9-10-18-17(16)14-5-3-4-6-15(14)19(20)21/h3-10H,1-2H3. The molecular weight excluding hydrogens is 264 g/mol. The van der Waals surface area contributed by atoms with E-state index in [1.807, 2.05) is 26.0 Å². The summed E-state index contributed by atoms with van der Waals surface area (Å²) in [5.41, 5.74) is 3.51. The van der Waals surface area contributed by atoms with Crippen LogP contribution >= 0.6 is 0 Å². The number of pyridine rings is 1. The summed E-state index contributed by atoms with van der Waals surface area (Å²) in [6.45, 7) is 4.03. The largest absolute Gasteiger partial charge is 0.278 e. The molecule has 0 saturated carbocycles. The van der Waals surface area contributed by atoms with Gasteiger partial charge in [0.2, 0.25) is 0 Å². The molecule has 0 spiro atoms. The van der Waals surface area contributed by atoms with Crippen LogP contribution in [0.1, 0.15) is 11.1 Å². The first-order chi connectivity index (χ1) is 10.1. The maximum atomic E-state index is 11.3. The predicted molar refractivity (Wildman–Crippen MR) is 83.3 cm³/mol. The third-order valence-corrected chi connectivity index (χ3v) is 3.71. The Morgan fingerprint density at radius 1 is 1.00 bits per heavy atom. The van der Waals surface area contributed by atoms with Gasteiger partial charge in [-0.25, -0.2) is 0 Å². The Hall–Kier alpha value is -2.75. The molecule has 0 radical (unpaired) electrons. The molecule has 2 aromatic carbocycles. The fourth-order valence-corrected chi connectivity index (χ4v) is 2.65. The summed E-state index contributed by atoms with van der Waals surface area (Å²) < 4.78 is 0. The minimum atomic E-state index is -0.360. The number of hydrogen-bond donors (Lipinski definition) is 0. The average Bonchev–Trinajstić information content (AvgIpc) is 2.50. The molecule has 0 amide bonds. The molecule has 3 rings (SSSR count). The van der Waals surface area contributed by atoms with Crippen LogP contribution in [0.5, 0.6) is 0 Å². The number of aromatic nitrogens is 1. The van der Waals surface area contributed by atoms with Crippen molar-refractivity contribution in [3.8, 4) is 11.3 Å². The lowest BCUT2D eigenvalue weighted by Crippen LogP contribution is -1.95. The second kappa shape index (κ2) is 4.98. The van der Waals surface area contributed by atoms with Gasteiger partial charge in [-0.05, 0) is 42.5 Å². The van der Waals surface area contributed by atoms with E-state index in [2.05, 4.69) is 11.1 Å². The van der Waals surface area contributed by atoms with Crippen LogP contribution < -0.4 is 0 Å². The Labute approximate surface area is 122 Å². The van der Waals surface area contributed by atoms with Crippen molar-refractivity contribution < 1.29 is 4.92 Å². The van der Waals surface area contributed by atoms with Crippen molar-refractivity contribution >= 4 is 16.5 Å². The predicted octanol–water partition coefficient (Wildman–Crippen LogP) is 4.43. The van der Waals surface area contributed by atoms with Crippen molar-refractivity contribution in [1.29, 1.82) is 0 Å². The van der Waals surface area contributed by atoms with Gasteiger partial charge in [-0.3, -0.25) is 15.1 Å². The van der Waals surface area contributed by atoms with Gasteiger partial charge in [0, 0.05) is 17.6 Å². The normalized spacial score (nSPS) is 10.8. The summed E-state index contributed by atoms with van der Waals surface area (Å²) in [5, 5.41) is 13.3. The topological polar surface area (TPSA) is 56.0 Å². The van der Waals surface area contributed by atoms with Crippen LogP contribution in [-0.4, -0.2) is 9.91 Å². The van der Waals surface area contributed by atoms with Gasteiger partial charge >= 0.3 is 0 Å². The fraction of sp³-hybridized carbons (Fsp3) is 0.118. The van der Waals surface area contributed by atoms with Crippen LogP contribution in [-0.2, 0) is 0 Å². The van der Waals surface area contributed by atoms with Gasteiger partial charge in [-0.2, -0.15) is 0 Å². The Balaban J connectivity index is 2.42. The van der Waals surface area contributed by atoms with Crippen molar-refractivity contribution in [3.63, 3.8) is 0 Å². The number of nitro benzene ring substituents is 1. The van der Waals surface area contributed by atoms with Gasteiger partial charge in [-0.1, -0.05) is 24.3 Å². The molecule has 3 aromatic rings. The van der Waals surface area contributed by atoms with Gasteiger partial charge < -0.3 is 0 Å². The lowest BCUT2D eigenvalue weighted by atomic mass is 9.96. The van der Waals surface area contributed by atoms with E-state index in [0.29, 0.717) is 11.3 Å². The molecule has 0 aliphatic rings. The first-order valence-electron chi connectivity index (χ1n) is 6.68. The third-order valence-electron chi connectivity index (χ3n) is 3.71. The van der Waals surface area contributed by atoms with Crippen LogP contribution in [0.4, 0.5) is 5.69 Å². The van der Waals surface area contributed by atoms with E-state index < -0.39 is 0 Å². The Morgan fingerprint density at radius 2 is 1.71 bits per heavy atom. The Morgan fingerprint density at radius 3 is 2.48 bits per heavy atom. The lowest BCUT2D eigenvalue weighted by molar-refractivity contribution is -0.384. The molecule has 21 heavy (non-hydrogen) atoms. The molecular formula is C17H14N2O2. The molecule has 0 aliphatic carbocycles. The van der Waals surface area contributed by atoms with Crippen molar-refractivity contribution in [1.82, 2.24) is 4.98 Å². The van der Waals surface area contributed by atoms with Crippen molar-refractivity contribution in [2.45, 2.75) is 13.8 Å². The molecule has 0 unspecified atom stereocenters. The SMILES string of the molecule is Cc1ccc(C)c2c(-c3ccccc3[N+](=O)[O-])nccc12. The lowest BCUT2D eigenvalue weighted by Gasteiger charge is -2.10. The maximum absolute atomic E-state index is 11.3. The molecule has 0 aliphatic heterocycles. The molecule has 0 atom stereocenters. The molecule has 0 bridgehead atoms. The molecule has 0 saturated heterocycles. The molecule has 1 heterocycles. The zero-order chi connectivity index (χ0) is 15.0. The van der Waals surface area contributed by atoms with E-state index in [9.17, 15) is 10.1 Å². The number of fused-ring (bicyclic) bond motifs is 1. The summed E-state index contributed by atoms with van der Waals surface area (Å²) in [6, 6.07) is 12.8. The van der Waals surface area contributed by atoms with Gasteiger partial charge in [0.1, 0.15) is 0 Å². The number of aryl methyl sites for hydroxylation is 2. The van der Waals surface area contributed by atoms with Crippen LogP contribution in [0.15, 0.2) is 48.7 Å². The number of para-hydroxylation sites is 1. The maximum Gasteiger partial charge on any atom is 0.278 e. The molecule has 4 nitrogen and oxygen atoms in total. The summed E-state index contributed by atoms with van der Waals surface area (Å²) in [5.74, 6) is 0. The van der Waals surface area contributed by atoms with Crippen LogP contribution in [0, 0.1) is 24.0 Å². The van der Waals surface area contributed by atoms with E-state index >= 15 is 0 Å². The number of hydrogen-bond acceptors (Lipinski definition) is 3. The summed E-state index contributed by atoms with van der Waals surface area (Å²) in [7, 11) is 0. The van der Waals surface area contributed by atoms with E-state index in [4.69, 9.17) is 0 Å². The van der Waals surface area contributed by atoms with E-state index in [1.165, 1.54) is 6.07 Å². The van der Waals surface area contributed by atoms with Crippen molar-refractivity contribution in [2.75, 3.05) is 0 Å². The minimum Gasteiger partial charge on any atom is -0.258 e. The van der Waals surface area contributed by atoms with Gasteiger partial charge in [0.25, 0.3) is 5.69 Å². The van der Waals surface area contributed by atoms with E-state index in [-0.39, 0.29) is 10.6 Å². The number of rotatable bonds is 2. The first kappa shape index (κ1) is 13.2. The second-order valence-electron chi connectivity index (χ2n) is 5.06. The van der Waals surface area contributed by atoms with Gasteiger partial charge in [-0.15, -0.1) is 0 Å². The van der Waals surface area contributed by atoms with E-state index in [1.54, 1.807) is 24.4 Å². The smallest absolute Gasteiger partial charge is 0.258 e. The van der Waals surface area contributed by atoms with Crippen molar-refractivity contribution in [2.24, 2.45) is 0 Å². The third kappa shape index (κ3) is 2.14. The molecule has 0 fully saturated rings. The molecule has 1 aromatic heterocycles. The molecule has 104 valence electrons. The van der Waals surface area contributed by atoms with E-state index in [0.717, 1.165) is 21.9 Å². The highest BCUT2D eigenvalue weighted by Crippen LogP contribution is 2.35. The number of nitrogens with zero attached hydrogens (tertiary/aromatic N) is 2. The summed E-state index contributed by atoms with van der Waals surface area (Å²) in [6.07, 6.45) is 1.71. The summed E-state index contributed by atoms with van der Waals surface area (Å²) >= 11 is 0. The van der Waals surface area contributed by atoms with Crippen LogP contribution in [0.25, 0.3) is 22.0 Å². The van der Waals surface area contributed by atoms with Crippen LogP contribution in [0.2, 0.25) is 0 Å². The molecule has 0 N–H and O–H groups in total. The number of benzene rings is 2. The fourth-order valence-electron chi connectivity index (χ4n) is 2.65. The van der Waals surface area contributed by atoms with Crippen LogP contribution in [0.3, 0.4) is 0 Å². The minimum absolute atomic E-state index is 0.0819. The summed E-state index contributed by atoms with van der Waals surface area (Å²) in [4.78, 5) is 15.3.